The molecule has 0 aliphatic heterocycles. The summed E-state index contributed by atoms with van der Waals surface area (Å²) in [6.07, 6.45) is 5.05. The molecule has 70 valence electrons. The van der Waals surface area contributed by atoms with E-state index in [0.717, 1.165) is 6.42 Å². The summed E-state index contributed by atoms with van der Waals surface area (Å²) < 4.78 is 1.31. The lowest BCUT2D eigenvalue weighted by Crippen LogP contribution is -1.85. The van der Waals surface area contributed by atoms with E-state index in [-0.39, 0.29) is 0 Å². The summed E-state index contributed by atoms with van der Waals surface area (Å²) in [7, 11) is 0. The summed E-state index contributed by atoms with van der Waals surface area (Å²) in [6, 6.07) is 0. The number of hydrogen-bond acceptors (Lipinski definition) is 0. The van der Waals surface area contributed by atoms with Crippen molar-refractivity contribution in [1.29, 1.82) is 0 Å². The van der Waals surface area contributed by atoms with Crippen LogP contribution in [0, 0.1) is 0 Å². The second-order valence-electron chi connectivity index (χ2n) is 2.61. The van der Waals surface area contributed by atoms with Crippen LogP contribution in [0.25, 0.3) is 0 Å². The van der Waals surface area contributed by atoms with E-state index in [2.05, 4.69) is 36.4 Å². The lowest BCUT2D eigenvalue weighted by atomic mass is 10.3. The molecule has 0 saturated heterocycles. The lowest BCUT2D eigenvalue weighted by molar-refractivity contribution is 0.779. The van der Waals surface area contributed by atoms with Gasteiger partial charge in [0.1, 0.15) is 0 Å². The molecule has 0 aliphatic carbocycles. The van der Waals surface area contributed by atoms with Crippen molar-refractivity contribution in [3.63, 3.8) is 0 Å². The highest BCUT2D eigenvalue weighted by atomic mass is 127. The fourth-order valence-electron chi connectivity index (χ4n) is 0.531. The molecule has 1 unspecified atom stereocenters. The van der Waals surface area contributed by atoms with Gasteiger partial charge in [0.2, 0.25) is 0 Å². The van der Waals surface area contributed by atoms with Gasteiger partial charge in [0, 0.05) is 5.38 Å². The molecule has 0 heterocycles. The molecule has 0 rings (SSSR count). The average Bonchev–Trinajstić information content (AvgIpc) is 1.90. The molecule has 0 spiro atoms. The molecule has 2 heteroatoms. The van der Waals surface area contributed by atoms with Gasteiger partial charge in [-0.25, -0.2) is 0 Å². The molecule has 0 amide bonds. The Bertz CT molecular complexity index is 53.5. The minimum absolute atomic E-state index is 0.370. The number of halogens is 2. The van der Waals surface area contributed by atoms with Crippen molar-refractivity contribution in [1.82, 2.24) is 0 Å². The Morgan fingerprint density at radius 3 is 1.82 bits per heavy atom. The van der Waals surface area contributed by atoms with E-state index in [0.29, 0.717) is 5.38 Å². The summed E-state index contributed by atoms with van der Waals surface area (Å²) in [4.78, 5) is 0. The molecule has 0 nitrogen and oxygen atoms in total. The van der Waals surface area contributed by atoms with Gasteiger partial charge in [-0.1, -0.05) is 49.3 Å². The molecular formula is C9H20ClI. The molecule has 0 aromatic rings. The van der Waals surface area contributed by atoms with E-state index in [4.69, 9.17) is 11.6 Å². The van der Waals surface area contributed by atoms with E-state index in [1.54, 1.807) is 0 Å². The minimum atomic E-state index is 0.370. The largest absolute Gasteiger partial charge is 0.123 e. The van der Waals surface area contributed by atoms with Crippen molar-refractivity contribution in [2.45, 2.75) is 51.8 Å². The van der Waals surface area contributed by atoms with E-state index < -0.39 is 0 Å². The normalized spacial score (nSPS) is 11.7. The zero-order chi connectivity index (χ0) is 9.11. The van der Waals surface area contributed by atoms with Gasteiger partial charge in [0.25, 0.3) is 0 Å². The Hall–Kier alpha value is 1.02. The molecule has 0 aromatic carbocycles. The summed E-state index contributed by atoms with van der Waals surface area (Å²) in [5.41, 5.74) is 0. The van der Waals surface area contributed by atoms with Crippen LogP contribution in [0.5, 0.6) is 0 Å². The van der Waals surface area contributed by atoms with Crippen LogP contribution in [0.1, 0.15) is 46.5 Å². The van der Waals surface area contributed by atoms with Crippen LogP contribution in [0.2, 0.25) is 0 Å². The van der Waals surface area contributed by atoms with Crippen LogP contribution >= 0.6 is 34.2 Å². The van der Waals surface area contributed by atoms with Crippen molar-refractivity contribution < 1.29 is 0 Å². The van der Waals surface area contributed by atoms with Crippen molar-refractivity contribution in [2.75, 3.05) is 4.43 Å². The molecule has 0 aromatic heterocycles. The van der Waals surface area contributed by atoms with E-state index in [1.807, 2.05) is 6.92 Å². The Labute approximate surface area is 90.2 Å². The fraction of sp³-hybridized carbons (Fsp3) is 1.00. The molecule has 0 aliphatic rings. The summed E-state index contributed by atoms with van der Waals surface area (Å²) >= 11 is 7.97. The van der Waals surface area contributed by atoms with Crippen LogP contribution < -0.4 is 0 Å². The Kier molecular flexibility index (Phi) is 18.0. The van der Waals surface area contributed by atoms with Crippen LogP contribution in [0.3, 0.4) is 0 Å². The molecule has 0 bridgehead atoms. The van der Waals surface area contributed by atoms with Gasteiger partial charge >= 0.3 is 0 Å². The van der Waals surface area contributed by atoms with Crippen LogP contribution in [-0.2, 0) is 0 Å². The van der Waals surface area contributed by atoms with Gasteiger partial charge in [0.15, 0.2) is 0 Å². The van der Waals surface area contributed by atoms with Crippen molar-refractivity contribution in [3.05, 3.63) is 0 Å². The quantitative estimate of drug-likeness (QED) is 0.523. The second-order valence-corrected chi connectivity index (χ2v) is 4.44. The fourth-order valence-corrected chi connectivity index (χ4v) is 1.51. The predicted molar refractivity (Wildman–Crippen MR) is 64.0 cm³/mol. The van der Waals surface area contributed by atoms with Crippen molar-refractivity contribution >= 4 is 34.2 Å². The third-order valence-electron chi connectivity index (χ3n) is 1.17. The minimum Gasteiger partial charge on any atom is -0.123 e. The third kappa shape index (κ3) is 24.7. The van der Waals surface area contributed by atoms with Gasteiger partial charge in [-0.2, -0.15) is 0 Å². The smallest absolute Gasteiger partial charge is 0.0307 e. The predicted octanol–water partition coefficient (Wildman–Crippen LogP) is 4.64. The van der Waals surface area contributed by atoms with E-state index in [1.165, 1.54) is 23.7 Å². The molecule has 0 radical (unpaired) electrons. The van der Waals surface area contributed by atoms with Gasteiger partial charge in [-0.15, -0.1) is 11.6 Å². The Morgan fingerprint density at radius 2 is 1.82 bits per heavy atom. The molecule has 0 fully saturated rings. The topological polar surface area (TPSA) is 0 Å². The van der Waals surface area contributed by atoms with Crippen molar-refractivity contribution in [3.8, 4) is 0 Å². The maximum Gasteiger partial charge on any atom is 0.0307 e. The number of alkyl halides is 2. The average molecular weight is 291 g/mol. The monoisotopic (exact) mass is 290 g/mol. The summed E-state index contributed by atoms with van der Waals surface area (Å²) in [5, 5.41) is 0.370. The van der Waals surface area contributed by atoms with Gasteiger partial charge in [0.05, 0.1) is 0 Å². The van der Waals surface area contributed by atoms with Gasteiger partial charge in [-0.05, 0) is 24.2 Å². The van der Waals surface area contributed by atoms with E-state index >= 15 is 0 Å². The van der Waals surface area contributed by atoms with Crippen LogP contribution in [0.4, 0.5) is 0 Å². The first kappa shape index (κ1) is 14.5. The first-order valence-electron chi connectivity index (χ1n) is 4.39. The Balaban J connectivity index is 0. The lowest BCUT2D eigenvalue weighted by Gasteiger charge is -1.93. The summed E-state index contributed by atoms with van der Waals surface area (Å²) in [6.45, 7) is 6.36. The van der Waals surface area contributed by atoms with Gasteiger partial charge in [-0.3, -0.25) is 0 Å². The molecule has 1 atom stereocenters. The number of hydrogen-bond donors (Lipinski definition) is 0. The first-order valence-corrected chi connectivity index (χ1v) is 6.35. The molecule has 0 N–H and O–H groups in total. The molecule has 11 heavy (non-hydrogen) atoms. The van der Waals surface area contributed by atoms with Gasteiger partial charge < -0.3 is 0 Å². The van der Waals surface area contributed by atoms with Crippen LogP contribution in [-0.4, -0.2) is 9.80 Å². The zero-order valence-electron chi connectivity index (χ0n) is 7.87. The SMILES string of the molecule is CCCC(C)Cl.CCCCI. The second kappa shape index (κ2) is 13.6. The number of unbranched alkanes of at least 4 members (excludes halogenated alkanes) is 1. The van der Waals surface area contributed by atoms with E-state index in [9.17, 15) is 0 Å². The molecular weight excluding hydrogens is 270 g/mol. The zero-order valence-corrected chi connectivity index (χ0v) is 10.8. The highest BCUT2D eigenvalue weighted by molar-refractivity contribution is 14.1. The highest BCUT2D eigenvalue weighted by Gasteiger charge is 1.88. The number of rotatable bonds is 4. The standard InChI is InChI=1S/C5H11Cl.C4H9I/c1-3-4-5(2)6;1-2-3-4-5/h5H,3-4H2,1-2H3;2-4H2,1H3. The summed E-state index contributed by atoms with van der Waals surface area (Å²) in [5.74, 6) is 0. The maximum absolute atomic E-state index is 5.58. The highest BCUT2D eigenvalue weighted by Crippen LogP contribution is 2.01. The third-order valence-corrected chi connectivity index (χ3v) is 2.15. The first-order chi connectivity index (χ1) is 5.18. The molecule has 0 saturated carbocycles. The Morgan fingerprint density at radius 1 is 1.27 bits per heavy atom. The maximum atomic E-state index is 5.58. The van der Waals surface area contributed by atoms with Crippen LogP contribution in [0.15, 0.2) is 0 Å². The van der Waals surface area contributed by atoms with Crippen molar-refractivity contribution in [2.24, 2.45) is 0 Å².